The lowest BCUT2D eigenvalue weighted by atomic mass is 9.79. The fourth-order valence-electron chi connectivity index (χ4n) is 2.84. The van der Waals surface area contributed by atoms with Crippen molar-refractivity contribution in [2.45, 2.75) is 32.1 Å². The van der Waals surface area contributed by atoms with Crippen molar-refractivity contribution in [2.75, 3.05) is 0 Å². The third-order valence-corrected chi connectivity index (χ3v) is 5.05. The van der Waals surface area contributed by atoms with Gasteiger partial charge in [-0.2, -0.15) is 0 Å². The van der Waals surface area contributed by atoms with E-state index in [1.807, 2.05) is 50.2 Å². The van der Waals surface area contributed by atoms with E-state index in [1.54, 1.807) is 11.3 Å². The molecule has 0 bridgehead atoms. The van der Waals surface area contributed by atoms with Crippen molar-refractivity contribution in [2.24, 2.45) is 0 Å². The third kappa shape index (κ3) is 2.76. The number of thiophene rings is 1. The molecule has 21 heavy (non-hydrogen) atoms. The van der Waals surface area contributed by atoms with E-state index in [4.69, 9.17) is 0 Å². The molecule has 108 valence electrons. The first kappa shape index (κ1) is 14.0. The van der Waals surface area contributed by atoms with Crippen LogP contribution in [0.15, 0.2) is 36.4 Å². The highest BCUT2D eigenvalue weighted by atomic mass is 32.1. The Balaban J connectivity index is 2.02. The van der Waals surface area contributed by atoms with Gasteiger partial charge in [0.15, 0.2) is 0 Å². The average molecular weight is 299 g/mol. The average Bonchev–Trinajstić information content (AvgIpc) is 2.86. The van der Waals surface area contributed by atoms with Crippen LogP contribution in [-0.4, -0.2) is 11.8 Å². The van der Waals surface area contributed by atoms with Crippen LogP contribution in [0.5, 0.6) is 0 Å². The maximum Gasteiger partial charge on any atom is 0.234 e. The molecule has 0 saturated carbocycles. The number of aryl methyl sites for hydroxylation is 2. The van der Waals surface area contributed by atoms with Crippen LogP contribution in [-0.2, 0) is 9.59 Å². The van der Waals surface area contributed by atoms with Crippen LogP contribution in [0.1, 0.15) is 39.1 Å². The smallest absolute Gasteiger partial charge is 0.234 e. The molecule has 1 aromatic carbocycles. The highest BCUT2D eigenvalue weighted by Gasteiger charge is 2.38. The highest BCUT2D eigenvalue weighted by Crippen LogP contribution is 2.41. The van der Waals surface area contributed by atoms with Gasteiger partial charge in [0.25, 0.3) is 0 Å². The summed E-state index contributed by atoms with van der Waals surface area (Å²) in [6.07, 6.45) is 0.365. The lowest BCUT2D eigenvalue weighted by Gasteiger charge is -2.29. The van der Waals surface area contributed by atoms with Gasteiger partial charge in [-0.3, -0.25) is 14.9 Å². The largest absolute Gasteiger partial charge is 0.296 e. The number of amides is 2. The van der Waals surface area contributed by atoms with E-state index in [1.165, 1.54) is 4.88 Å². The van der Waals surface area contributed by atoms with Crippen LogP contribution < -0.4 is 5.32 Å². The first-order chi connectivity index (χ1) is 10.0. The number of imide groups is 1. The molecular weight excluding hydrogens is 282 g/mol. The Bertz CT molecular complexity index is 687. The van der Waals surface area contributed by atoms with Gasteiger partial charge in [-0.15, -0.1) is 11.3 Å². The lowest BCUT2D eigenvalue weighted by molar-refractivity contribution is -0.135. The molecule has 2 amide bonds. The summed E-state index contributed by atoms with van der Waals surface area (Å²) in [5.41, 5.74) is 2.14. The van der Waals surface area contributed by atoms with Crippen LogP contribution >= 0.6 is 11.3 Å². The maximum atomic E-state index is 12.4. The number of hydrogen-bond acceptors (Lipinski definition) is 3. The summed E-state index contributed by atoms with van der Waals surface area (Å²) >= 11 is 1.67. The van der Waals surface area contributed by atoms with Crippen molar-refractivity contribution in [3.63, 3.8) is 0 Å². The number of benzene rings is 1. The van der Waals surface area contributed by atoms with Crippen LogP contribution in [0, 0.1) is 13.8 Å². The lowest BCUT2D eigenvalue weighted by Crippen LogP contribution is -2.43. The van der Waals surface area contributed by atoms with Gasteiger partial charge >= 0.3 is 0 Å². The molecule has 2 heterocycles. The highest BCUT2D eigenvalue weighted by molar-refractivity contribution is 7.12. The minimum absolute atomic E-state index is 0.0624. The number of hydrogen-bond donors (Lipinski definition) is 1. The summed E-state index contributed by atoms with van der Waals surface area (Å²) < 4.78 is 0. The molecule has 0 spiro atoms. The van der Waals surface area contributed by atoms with Crippen molar-refractivity contribution >= 4 is 23.2 Å². The van der Waals surface area contributed by atoms with Crippen molar-refractivity contribution in [1.82, 2.24) is 5.32 Å². The van der Waals surface area contributed by atoms with Crippen molar-refractivity contribution in [3.8, 4) is 0 Å². The Morgan fingerprint density at radius 1 is 1.05 bits per heavy atom. The zero-order valence-corrected chi connectivity index (χ0v) is 12.9. The second-order valence-corrected chi connectivity index (χ2v) is 6.88. The predicted octanol–water partition coefficient (Wildman–Crippen LogP) is 3.28. The minimum atomic E-state index is -0.290. The second kappa shape index (κ2) is 5.45. The molecule has 0 aliphatic carbocycles. The number of carbonyl (C=O) groups is 2. The number of piperidine rings is 1. The Hall–Kier alpha value is -1.94. The van der Waals surface area contributed by atoms with E-state index in [2.05, 4.69) is 5.32 Å². The molecule has 3 nitrogen and oxygen atoms in total. The monoisotopic (exact) mass is 299 g/mol. The quantitative estimate of drug-likeness (QED) is 0.865. The summed E-state index contributed by atoms with van der Waals surface area (Å²) in [5, 5.41) is 2.48. The fourth-order valence-corrected chi connectivity index (χ4v) is 3.86. The molecule has 0 radical (unpaired) electrons. The van der Waals surface area contributed by atoms with E-state index in [0.29, 0.717) is 6.42 Å². The molecule has 1 N–H and O–H groups in total. The molecule has 4 heteroatoms. The van der Waals surface area contributed by atoms with Gasteiger partial charge in [0.1, 0.15) is 0 Å². The number of carbonyl (C=O) groups excluding carboxylic acids is 2. The van der Waals surface area contributed by atoms with Crippen molar-refractivity contribution in [3.05, 3.63) is 57.3 Å². The fraction of sp³-hybridized carbons (Fsp3) is 0.294. The third-order valence-electron chi connectivity index (χ3n) is 3.92. The molecule has 1 saturated heterocycles. The molecule has 3 rings (SSSR count). The molecule has 1 aromatic heterocycles. The minimum Gasteiger partial charge on any atom is -0.296 e. The molecule has 2 unspecified atom stereocenters. The summed E-state index contributed by atoms with van der Waals surface area (Å²) in [7, 11) is 0. The Morgan fingerprint density at radius 2 is 1.76 bits per heavy atom. The Labute approximate surface area is 128 Å². The van der Waals surface area contributed by atoms with Crippen molar-refractivity contribution in [1.29, 1.82) is 0 Å². The van der Waals surface area contributed by atoms with Crippen LogP contribution in [0.2, 0.25) is 0 Å². The number of nitrogens with one attached hydrogen (secondary N) is 1. The van der Waals surface area contributed by atoms with Crippen LogP contribution in [0.4, 0.5) is 0 Å². The van der Waals surface area contributed by atoms with Gasteiger partial charge in [-0.1, -0.05) is 29.8 Å². The number of rotatable bonds is 2. The van der Waals surface area contributed by atoms with E-state index < -0.39 is 0 Å². The molecule has 1 aliphatic heterocycles. The molecule has 1 fully saturated rings. The van der Waals surface area contributed by atoms with Crippen LogP contribution in [0.25, 0.3) is 0 Å². The maximum absolute atomic E-state index is 12.4. The Morgan fingerprint density at radius 3 is 2.38 bits per heavy atom. The van der Waals surface area contributed by atoms with Gasteiger partial charge in [0, 0.05) is 22.1 Å². The predicted molar refractivity (Wildman–Crippen MR) is 83.5 cm³/mol. The second-order valence-electron chi connectivity index (χ2n) is 5.56. The van der Waals surface area contributed by atoms with Gasteiger partial charge < -0.3 is 0 Å². The van der Waals surface area contributed by atoms with E-state index in [9.17, 15) is 9.59 Å². The topological polar surface area (TPSA) is 46.2 Å². The van der Waals surface area contributed by atoms with Gasteiger partial charge in [0.2, 0.25) is 11.8 Å². The van der Waals surface area contributed by atoms with E-state index in [-0.39, 0.29) is 23.7 Å². The summed E-state index contributed by atoms with van der Waals surface area (Å²) in [6.45, 7) is 4.06. The summed E-state index contributed by atoms with van der Waals surface area (Å²) in [4.78, 5) is 26.4. The zero-order valence-electron chi connectivity index (χ0n) is 12.1. The van der Waals surface area contributed by atoms with Crippen LogP contribution in [0.3, 0.4) is 0 Å². The summed E-state index contributed by atoms with van der Waals surface area (Å²) in [6, 6.07) is 12.1. The van der Waals surface area contributed by atoms with Gasteiger partial charge in [-0.05, 0) is 31.5 Å². The molecule has 2 atom stereocenters. The first-order valence-corrected chi connectivity index (χ1v) is 7.83. The SMILES string of the molecule is Cc1ccc(C2C(=O)NC(=O)CC2c2ccc(C)s2)cc1. The van der Waals surface area contributed by atoms with E-state index in [0.717, 1.165) is 16.0 Å². The normalized spacial score (nSPS) is 22.2. The standard InChI is InChI=1S/C17H17NO2S/c1-10-3-6-12(7-4-10)16-13(9-15(19)18-17(16)20)14-8-5-11(2)21-14/h3-8,13,16H,9H2,1-2H3,(H,18,19,20). The molecule has 2 aromatic rings. The molecule has 1 aliphatic rings. The van der Waals surface area contributed by atoms with Gasteiger partial charge in [-0.25, -0.2) is 0 Å². The first-order valence-electron chi connectivity index (χ1n) is 7.01. The van der Waals surface area contributed by atoms with E-state index >= 15 is 0 Å². The summed E-state index contributed by atoms with van der Waals surface area (Å²) in [5.74, 6) is -0.723. The molecular formula is C17H17NO2S. The Kier molecular flexibility index (Phi) is 3.64. The zero-order chi connectivity index (χ0) is 15.0. The van der Waals surface area contributed by atoms with Crippen molar-refractivity contribution < 1.29 is 9.59 Å². The van der Waals surface area contributed by atoms with Gasteiger partial charge in [0.05, 0.1) is 5.92 Å².